The summed E-state index contributed by atoms with van der Waals surface area (Å²) < 4.78 is 10.6. The zero-order valence-electron chi connectivity index (χ0n) is 11.3. The molecule has 5 nitrogen and oxygen atoms in total. The van der Waals surface area contributed by atoms with Gasteiger partial charge in [0.15, 0.2) is 5.82 Å². The molecule has 0 aliphatic rings. The first-order valence-corrected chi connectivity index (χ1v) is 6.39. The highest BCUT2D eigenvalue weighted by atomic mass is 16.5. The van der Waals surface area contributed by atoms with Gasteiger partial charge in [-0.1, -0.05) is 42.4 Å². The van der Waals surface area contributed by atoms with Gasteiger partial charge in [0.1, 0.15) is 12.1 Å². The molecule has 0 saturated heterocycles. The Balaban J connectivity index is 2.13. The summed E-state index contributed by atoms with van der Waals surface area (Å²) in [6, 6.07) is 9.69. The van der Waals surface area contributed by atoms with Gasteiger partial charge in [-0.2, -0.15) is 4.98 Å². The van der Waals surface area contributed by atoms with E-state index in [1.807, 2.05) is 44.2 Å². The SMILES string of the molecule is CCCOCc1noc(C(C)(N)c2ccccc2)n1. The van der Waals surface area contributed by atoms with Gasteiger partial charge in [0.25, 0.3) is 5.89 Å². The average Bonchev–Trinajstić information content (AvgIpc) is 2.90. The number of benzene rings is 1. The molecule has 2 rings (SSSR count). The van der Waals surface area contributed by atoms with Crippen molar-refractivity contribution in [2.75, 3.05) is 6.61 Å². The standard InChI is InChI=1S/C14H19N3O2/c1-3-9-18-10-12-16-13(19-17-12)14(2,15)11-7-5-4-6-8-11/h4-8H,3,9-10,15H2,1-2H3. The predicted molar refractivity (Wildman–Crippen MR) is 71.3 cm³/mol. The van der Waals surface area contributed by atoms with Crippen LogP contribution in [0.15, 0.2) is 34.9 Å². The van der Waals surface area contributed by atoms with Crippen LogP contribution >= 0.6 is 0 Å². The summed E-state index contributed by atoms with van der Waals surface area (Å²) in [5.74, 6) is 0.921. The highest BCUT2D eigenvalue weighted by Gasteiger charge is 2.30. The number of aromatic nitrogens is 2. The molecule has 0 radical (unpaired) electrons. The molecule has 1 aromatic carbocycles. The first-order chi connectivity index (χ1) is 9.14. The Morgan fingerprint density at radius 3 is 2.74 bits per heavy atom. The first-order valence-electron chi connectivity index (χ1n) is 6.39. The Kier molecular flexibility index (Phi) is 4.29. The van der Waals surface area contributed by atoms with Crippen LogP contribution in [0.25, 0.3) is 0 Å². The van der Waals surface area contributed by atoms with Crippen LogP contribution in [0.5, 0.6) is 0 Å². The molecule has 1 unspecified atom stereocenters. The molecule has 0 saturated carbocycles. The maximum atomic E-state index is 6.29. The molecule has 0 aliphatic carbocycles. The van der Waals surface area contributed by atoms with Gasteiger partial charge in [-0.15, -0.1) is 0 Å². The minimum Gasteiger partial charge on any atom is -0.373 e. The lowest BCUT2D eigenvalue weighted by molar-refractivity contribution is 0.114. The molecule has 0 spiro atoms. The Morgan fingerprint density at radius 1 is 1.32 bits per heavy atom. The van der Waals surface area contributed by atoms with Crippen molar-refractivity contribution in [1.29, 1.82) is 0 Å². The van der Waals surface area contributed by atoms with E-state index < -0.39 is 5.54 Å². The second-order valence-electron chi connectivity index (χ2n) is 4.64. The summed E-state index contributed by atoms with van der Waals surface area (Å²) in [6.45, 7) is 4.94. The Morgan fingerprint density at radius 2 is 2.05 bits per heavy atom. The third-order valence-electron chi connectivity index (χ3n) is 2.87. The lowest BCUT2D eigenvalue weighted by atomic mass is 9.93. The van der Waals surface area contributed by atoms with Gasteiger partial charge in [0, 0.05) is 6.61 Å². The topological polar surface area (TPSA) is 74.2 Å². The van der Waals surface area contributed by atoms with Gasteiger partial charge in [-0.05, 0) is 18.9 Å². The molecule has 2 N–H and O–H groups in total. The van der Waals surface area contributed by atoms with E-state index in [1.165, 1.54) is 0 Å². The fourth-order valence-electron chi connectivity index (χ4n) is 1.74. The van der Waals surface area contributed by atoms with E-state index in [4.69, 9.17) is 15.0 Å². The first kappa shape index (κ1) is 13.7. The van der Waals surface area contributed by atoms with E-state index in [0.717, 1.165) is 12.0 Å². The molecule has 1 heterocycles. The molecule has 2 aromatic rings. The summed E-state index contributed by atoms with van der Waals surface area (Å²) in [6.07, 6.45) is 0.962. The van der Waals surface area contributed by atoms with Crippen LogP contribution in [-0.2, 0) is 16.9 Å². The zero-order valence-corrected chi connectivity index (χ0v) is 11.3. The minimum absolute atomic E-state index is 0.349. The Hall–Kier alpha value is -1.72. The predicted octanol–water partition coefficient (Wildman–Crippen LogP) is 2.22. The smallest absolute Gasteiger partial charge is 0.251 e. The molecular weight excluding hydrogens is 242 g/mol. The molecule has 1 atom stereocenters. The van der Waals surface area contributed by atoms with Gasteiger partial charge in [0.05, 0.1) is 0 Å². The zero-order chi connectivity index (χ0) is 13.7. The third kappa shape index (κ3) is 3.19. The lowest BCUT2D eigenvalue weighted by Gasteiger charge is -2.20. The number of nitrogens with two attached hydrogens (primary N) is 1. The van der Waals surface area contributed by atoms with Crippen LogP contribution in [-0.4, -0.2) is 16.7 Å². The largest absolute Gasteiger partial charge is 0.373 e. The molecule has 102 valence electrons. The summed E-state index contributed by atoms with van der Waals surface area (Å²) in [5.41, 5.74) is 6.43. The number of hydrogen-bond acceptors (Lipinski definition) is 5. The molecule has 1 aromatic heterocycles. The molecule has 5 heteroatoms. The average molecular weight is 261 g/mol. The van der Waals surface area contributed by atoms with Crippen LogP contribution in [0.2, 0.25) is 0 Å². The van der Waals surface area contributed by atoms with Gasteiger partial charge < -0.3 is 15.0 Å². The number of ether oxygens (including phenoxy) is 1. The lowest BCUT2D eigenvalue weighted by Crippen LogP contribution is -2.34. The summed E-state index contributed by atoms with van der Waals surface area (Å²) in [5, 5.41) is 3.89. The summed E-state index contributed by atoms with van der Waals surface area (Å²) in [7, 11) is 0. The van der Waals surface area contributed by atoms with Crippen molar-refractivity contribution in [3.8, 4) is 0 Å². The van der Waals surface area contributed by atoms with Gasteiger partial charge in [0.2, 0.25) is 0 Å². The van der Waals surface area contributed by atoms with Crippen molar-refractivity contribution in [2.45, 2.75) is 32.4 Å². The second kappa shape index (κ2) is 5.95. The second-order valence-corrected chi connectivity index (χ2v) is 4.64. The number of hydrogen-bond donors (Lipinski definition) is 1. The van der Waals surface area contributed by atoms with Crippen molar-refractivity contribution in [3.63, 3.8) is 0 Å². The Bertz CT molecular complexity index is 508. The molecule has 0 amide bonds. The maximum absolute atomic E-state index is 6.29. The highest BCUT2D eigenvalue weighted by molar-refractivity contribution is 5.28. The highest BCUT2D eigenvalue weighted by Crippen LogP contribution is 2.24. The number of rotatable bonds is 6. The van der Waals surface area contributed by atoms with Crippen molar-refractivity contribution < 1.29 is 9.26 Å². The van der Waals surface area contributed by atoms with Crippen LogP contribution < -0.4 is 5.73 Å². The fraction of sp³-hybridized carbons (Fsp3) is 0.429. The summed E-state index contributed by atoms with van der Waals surface area (Å²) >= 11 is 0. The van der Waals surface area contributed by atoms with E-state index in [0.29, 0.717) is 24.9 Å². The molecule has 0 bridgehead atoms. The van der Waals surface area contributed by atoms with Crippen molar-refractivity contribution in [1.82, 2.24) is 10.1 Å². The Labute approximate surface area is 112 Å². The quantitative estimate of drug-likeness (QED) is 0.807. The van der Waals surface area contributed by atoms with Gasteiger partial charge in [-0.3, -0.25) is 0 Å². The van der Waals surface area contributed by atoms with E-state index in [9.17, 15) is 0 Å². The number of nitrogens with zero attached hydrogens (tertiary/aromatic N) is 2. The van der Waals surface area contributed by atoms with E-state index in [1.54, 1.807) is 0 Å². The van der Waals surface area contributed by atoms with Crippen LogP contribution in [0.4, 0.5) is 0 Å². The van der Waals surface area contributed by atoms with Crippen LogP contribution in [0.1, 0.15) is 37.5 Å². The van der Waals surface area contributed by atoms with Crippen LogP contribution in [0.3, 0.4) is 0 Å². The van der Waals surface area contributed by atoms with Crippen LogP contribution in [0, 0.1) is 0 Å². The third-order valence-corrected chi connectivity index (χ3v) is 2.87. The van der Waals surface area contributed by atoms with Crippen molar-refractivity contribution in [2.24, 2.45) is 5.73 Å². The van der Waals surface area contributed by atoms with Gasteiger partial charge in [-0.25, -0.2) is 0 Å². The summed E-state index contributed by atoms with van der Waals surface area (Å²) in [4.78, 5) is 4.30. The van der Waals surface area contributed by atoms with E-state index in [2.05, 4.69) is 10.1 Å². The van der Waals surface area contributed by atoms with E-state index >= 15 is 0 Å². The van der Waals surface area contributed by atoms with Gasteiger partial charge >= 0.3 is 0 Å². The molecule has 0 aliphatic heterocycles. The van der Waals surface area contributed by atoms with Crippen molar-refractivity contribution in [3.05, 3.63) is 47.6 Å². The molecule has 0 fully saturated rings. The van der Waals surface area contributed by atoms with E-state index in [-0.39, 0.29) is 0 Å². The normalized spacial score (nSPS) is 14.3. The van der Waals surface area contributed by atoms with Crippen molar-refractivity contribution >= 4 is 0 Å². The molecular formula is C14H19N3O2. The molecule has 19 heavy (non-hydrogen) atoms. The minimum atomic E-state index is -0.794. The fourth-order valence-corrected chi connectivity index (χ4v) is 1.74. The maximum Gasteiger partial charge on any atom is 0.251 e. The monoisotopic (exact) mass is 261 g/mol.